The molecule has 0 spiro atoms. The van der Waals surface area contributed by atoms with Crippen LogP contribution in [0.3, 0.4) is 0 Å². The third kappa shape index (κ3) is 2.70. The molecule has 1 aromatic heterocycles. The van der Waals surface area contributed by atoms with E-state index in [-0.39, 0.29) is 5.92 Å². The molecule has 24 heavy (non-hydrogen) atoms. The van der Waals surface area contributed by atoms with E-state index >= 15 is 0 Å². The lowest BCUT2D eigenvalue weighted by atomic mass is 9.80. The molecule has 2 aromatic carbocycles. The summed E-state index contributed by atoms with van der Waals surface area (Å²) in [6.07, 6.45) is 3.24. The average molecular weight is 317 g/mol. The Balaban J connectivity index is 2.07. The second kappa shape index (κ2) is 6.31. The molecular formula is C20H19N3O. The summed E-state index contributed by atoms with van der Waals surface area (Å²) in [5.41, 5.74) is 2.98. The fourth-order valence-corrected chi connectivity index (χ4v) is 2.94. The van der Waals surface area contributed by atoms with Crippen LogP contribution in [-0.4, -0.2) is 15.1 Å². The summed E-state index contributed by atoms with van der Waals surface area (Å²) in [7, 11) is 0. The second-order valence-corrected chi connectivity index (χ2v) is 6.16. The Morgan fingerprint density at radius 3 is 2.46 bits per heavy atom. The molecule has 0 radical (unpaired) electrons. The zero-order valence-electron chi connectivity index (χ0n) is 13.7. The number of imidazole rings is 1. The van der Waals surface area contributed by atoms with Gasteiger partial charge >= 0.3 is 0 Å². The quantitative estimate of drug-likeness (QED) is 0.768. The maximum atomic E-state index is 11.4. The molecule has 0 saturated carbocycles. The van der Waals surface area contributed by atoms with Crippen LogP contribution < -0.4 is 0 Å². The van der Waals surface area contributed by atoms with Crippen LogP contribution in [0, 0.1) is 17.2 Å². The van der Waals surface area contributed by atoms with Crippen molar-refractivity contribution >= 4 is 0 Å². The van der Waals surface area contributed by atoms with E-state index in [9.17, 15) is 5.11 Å². The maximum absolute atomic E-state index is 11.4. The molecule has 2 N–H and O–H groups in total. The molecule has 120 valence electrons. The fraction of sp³-hybridized carbons (Fsp3) is 0.200. The van der Waals surface area contributed by atoms with E-state index in [1.807, 2.05) is 50.2 Å². The van der Waals surface area contributed by atoms with Crippen molar-refractivity contribution in [3.8, 4) is 17.2 Å². The molecule has 1 atom stereocenters. The number of nitrogens with zero attached hydrogens (tertiary/aromatic N) is 2. The van der Waals surface area contributed by atoms with Crippen LogP contribution in [0.25, 0.3) is 11.1 Å². The number of nitriles is 1. The Morgan fingerprint density at radius 2 is 1.88 bits per heavy atom. The smallest absolute Gasteiger partial charge is 0.133 e. The third-order valence-electron chi connectivity index (χ3n) is 4.39. The first-order valence-corrected chi connectivity index (χ1v) is 7.88. The SMILES string of the molecule is CC(C)C(O)(c1cccc(-c2ccc(C#N)cc2)c1)c1cnc[nH]1. The predicted molar refractivity (Wildman–Crippen MR) is 93.0 cm³/mol. The molecule has 0 aliphatic rings. The van der Waals surface area contributed by atoms with Gasteiger partial charge in [-0.2, -0.15) is 5.26 Å². The van der Waals surface area contributed by atoms with Gasteiger partial charge < -0.3 is 10.1 Å². The van der Waals surface area contributed by atoms with Crippen molar-refractivity contribution in [3.05, 3.63) is 77.9 Å². The van der Waals surface area contributed by atoms with Crippen LogP contribution >= 0.6 is 0 Å². The lowest BCUT2D eigenvalue weighted by Crippen LogP contribution is -2.33. The number of H-pyrrole nitrogens is 1. The summed E-state index contributed by atoms with van der Waals surface area (Å²) < 4.78 is 0. The fourth-order valence-electron chi connectivity index (χ4n) is 2.94. The molecule has 1 heterocycles. The Morgan fingerprint density at radius 1 is 1.12 bits per heavy atom. The van der Waals surface area contributed by atoms with Gasteiger partial charge in [0.1, 0.15) is 5.60 Å². The highest BCUT2D eigenvalue weighted by molar-refractivity contribution is 5.65. The number of hydrogen-bond acceptors (Lipinski definition) is 3. The van der Waals surface area contributed by atoms with Crippen LogP contribution in [0.4, 0.5) is 0 Å². The van der Waals surface area contributed by atoms with Crippen molar-refractivity contribution in [2.45, 2.75) is 19.4 Å². The Labute approximate surface area is 141 Å². The lowest BCUT2D eigenvalue weighted by molar-refractivity contribution is 0.0280. The van der Waals surface area contributed by atoms with Gasteiger partial charge in [0.25, 0.3) is 0 Å². The number of benzene rings is 2. The molecule has 0 amide bonds. The minimum Gasteiger partial charge on any atom is -0.379 e. The monoisotopic (exact) mass is 317 g/mol. The molecule has 1 unspecified atom stereocenters. The first kappa shape index (κ1) is 16.0. The van der Waals surface area contributed by atoms with Crippen molar-refractivity contribution in [3.63, 3.8) is 0 Å². The van der Waals surface area contributed by atoms with Gasteiger partial charge in [0.15, 0.2) is 0 Å². The number of aliphatic hydroxyl groups is 1. The van der Waals surface area contributed by atoms with Crippen LogP contribution in [-0.2, 0) is 5.60 Å². The molecule has 0 saturated heterocycles. The standard InChI is InChI=1S/C20H19N3O/c1-14(2)20(24,19-12-22-13-23-19)18-5-3-4-17(10-18)16-8-6-15(11-21)7-9-16/h3-10,12-14,24H,1-2H3,(H,22,23). The molecule has 0 aliphatic carbocycles. The van der Waals surface area contributed by atoms with Gasteiger partial charge in [-0.25, -0.2) is 4.98 Å². The zero-order chi connectivity index (χ0) is 17.2. The molecule has 4 heteroatoms. The summed E-state index contributed by atoms with van der Waals surface area (Å²) in [5.74, 6) is -0.0332. The Kier molecular flexibility index (Phi) is 4.20. The minimum absolute atomic E-state index is 0.0332. The number of rotatable bonds is 4. The van der Waals surface area contributed by atoms with Crippen molar-refractivity contribution < 1.29 is 5.11 Å². The summed E-state index contributed by atoms with van der Waals surface area (Å²) >= 11 is 0. The van der Waals surface area contributed by atoms with Crippen LogP contribution in [0.15, 0.2) is 61.1 Å². The van der Waals surface area contributed by atoms with Gasteiger partial charge in [0.2, 0.25) is 0 Å². The predicted octanol–water partition coefficient (Wildman–Crippen LogP) is 3.84. The van der Waals surface area contributed by atoms with Gasteiger partial charge in [0, 0.05) is 0 Å². The number of aromatic amines is 1. The van der Waals surface area contributed by atoms with Gasteiger partial charge in [0.05, 0.1) is 29.9 Å². The van der Waals surface area contributed by atoms with E-state index in [0.29, 0.717) is 11.3 Å². The van der Waals surface area contributed by atoms with Gasteiger partial charge in [-0.05, 0) is 40.8 Å². The van der Waals surface area contributed by atoms with Crippen LogP contribution in [0.2, 0.25) is 0 Å². The summed E-state index contributed by atoms with van der Waals surface area (Å²) in [4.78, 5) is 7.08. The van der Waals surface area contributed by atoms with Gasteiger partial charge in [-0.3, -0.25) is 0 Å². The number of nitrogens with one attached hydrogen (secondary N) is 1. The van der Waals surface area contributed by atoms with Crippen LogP contribution in [0.1, 0.15) is 30.7 Å². The number of aromatic nitrogens is 2. The summed E-state index contributed by atoms with van der Waals surface area (Å²) in [6, 6.07) is 17.4. The van der Waals surface area contributed by atoms with E-state index in [2.05, 4.69) is 16.0 Å². The highest BCUT2D eigenvalue weighted by Gasteiger charge is 2.36. The molecule has 3 aromatic rings. The minimum atomic E-state index is -1.14. The highest BCUT2D eigenvalue weighted by Crippen LogP contribution is 2.37. The molecular weight excluding hydrogens is 298 g/mol. The Hall–Kier alpha value is -2.90. The van der Waals surface area contributed by atoms with E-state index in [1.165, 1.54) is 0 Å². The van der Waals surface area contributed by atoms with E-state index in [4.69, 9.17) is 5.26 Å². The lowest BCUT2D eigenvalue weighted by Gasteiger charge is -2.32. The van der Waals surface area contributed by atoms with Crippen molar-refractivity contribution in [2.24, 2.45) is 5.92 Å². The van der Waals surface area contributed by atoms with E-state index in [1.54, 1.807) is 24.7 Å². The third-order valence-corrected chi connectivity index (χ3v) is 4.39. The largest absolute Gasteiger partial charge is 0.379 e. The molecule has 0 bridgehead atoms. The normalized spacial score (nSPS) is 13.5. The first-order chi connectivity index (χ1) is 11.6. The van der Waals surface area contributed by atoms with Gasteiger partial charge in [-0.1, -0.05) is 44.2 Å². The topological polar surface area (TPSA) is 72.7 Å². The molecule has 0 fully saturated rings. The molecule has 0 aliphatic heterocycles. The maximum Gasteiger partial charge on any atom is 0.133 e. The van der Waals surface area contributed by atoms with Crippen molar-refractivity contribution in [2.75, 3.05) is 0 Å². The highest BCUT2D eigenvalue weighted by atomic mass is 16.3. The second-order valence-electron chi connectivity index (χ2n) is 6.16. The van der Waals surface area contributed by atoms with E-state index < -0.39 is 5.60 Å². The summed E-state index contributed by atoms with van der Waals surface area (Å²) in [5, 5.41) is 20.3. The average Bonchev–Trinajstić information content (AvgIpc) is 3.16. The molecule has 4 nitrogen and oxygen atoms in total. The Bertz CT molecular complexity index is 861. The van der Waals surface area contributed by atoms with E-state index in [0.717, 1.165) is 16.7 Å². The zero-order valence-corrected chi connectivity index (χ0v) is 13.7. The summed E-state index contributed by atoms with van der Waals surface area (Å²) in [6.45, 7) is 3.96. The van der Waals surface area contributed by atoms with Crippen LogP contribution in [0.5, 0.6) is 0 Å². The van der Waals surface area contributed by atoms with Crippen molar-refractivity contribution in [1.82, 2.24) is 9.97 Å². The first-order valence-electron chi connectivity index (χ1n) is 7.88. The molecule has 3 rings (SSSR count). The van der Waals surface area contributed by atoms with Crippen molar-refractivity contribution in [1.29, 1.82) is 5.26 Å². The number of hydrogen-bond donors (Lipinski definition) is 2. The van der Waals surface area contributed by atoms with Gasteiger partial charge in [-0.15, -0.1) is 0 Å².